The molecular weight excluding hydrogens is 327 g/mol. The van der Waals surface area contributed by atoms with Crippen molar-refractivity contribution in [3.05, 3.63) is 0 Å². The average Bonchev–Trinajstić information content (AvgIpc) is 2.31. The maximum Gasteiger partial charge on any atom is 0.410 e. The minimum absolute atomic E-state index is 0.480. The SMILES string of the molecule is CC(C)(C)OC(=O)N1CCC(F)(F)C[C@H]1C(=O)NCC(F)(F)F. The van der Waals surface area contributed by atoms with E-state index in [9.17, 15) is 31.5 Å². The number of nitrogens with one attached hydrogen (secondary N) is 1. The van der Waals surface area contributed by atoms with Crippen LogP contribution in [0.1, 0.15) is 33.6 Å². The molecule has 1 rings (SSSR count). The number of hydrogen-bond acceptors (Lipinski definition) is 3. The van der Waals surface area contributed by atoms with E-state index in [1.165, 1.54) is 5.32 Å². The maximum absolute atomic E-state index is 13.5. The van der Waals surface area contributed by atoms with Gasteiger partial charge in [-0.05, 0) is 20.8 Å². The lowest BCUT2D eigenvalue weighted by Crippen LogP contribution is -2.57. The van der Waals surface area contributed by atoms with Crippen molar-refractivity contribution >= 4 is 12.0 Å². The Labute approximate surface area is 130 Å². The van der Waals surface area contributed by atoms with Crippen LogP contribution in [0.4, 0.5) is 26.7 Å². The molecule has 1 aliphatic rings. The van der Waals surface area contributed by atoms with Crippen molar-refractivity contribution in [1.29, 1.82) is 0 Å². The van der Waals surface area contributed by atoms with E-state index in [-0.39, 0.29) is 0 Å². The molecular formula is C13H19F5N2O3. The van der Waals surface area contributed by atoms with Gasteiger partial charge in [0.1, 0.15) is 18.2 Å². The molecule has 1 saturated heterocycles. The third-order valence-corrected chi connectivity index (χ3v) is 2.98. The number of amides is 2. The first-order valence-electron chi connectivity index (χ1n) is 6.92. The van der Waals surface area contributed by atoms with E-state index in [0.29, 0.717) is 0 Å². The first kappa shape index (κ1) is 19.4. The first-order chi connectivity index (χ1) is 10.2. The zero-order valence-corrected chi connectivity index (χ0v) is 13.0. The lowest BCUT2D eigenvalue weighted by molar-refractivity contribution is -0.147. The predicted octanol–water partition coefficient (Wildman–Crippen LogP) is 2.70. The molecule has 23 heavy (non-hydrogen) atoms. The molecule has 0 spiro atoms. The molecule has 1 heterocycles. The monoisotopic (exact) mass is 346 g/mol. The number of ether oxygens (including phenoxy) is 1. The molecule has 0 aromatic heterocycles. The van der Waals surface area contributed by atoms with E-state index >= 15 is 0 Å². The molecule has 0 saturated carbocycles. The predicted molar refractivity (Wildman–Crippen MR) is 70.0 cm³/mol. The topological polar surface area (TPSA) is 58.6 Å². The van der Waals surface area contributed by atoms with Crippen LogP contribution in [0.25, 0.3) is 0 Å². The van der Waals surface area contributed by atoms with Crippen LogP contribution in [0.2, 0.25) is 0 Å². The Hall–Kier alpha value is -1.61. The summed E-state index contributed by atoms with van der Waals surface area (Å²) < 4.78 is 68.4. The van der Waals surface area contributed by atoms with E-state index in [2.05, 4.69) is 0 Å². The highest BCUT2D eigenvalue weighted by atomic mass is 19.4. The number of carbonyl (C=O) groups excluding carboxylic acids is 2. The fourth-order valence-electron chi connectivity index (χ4n) is 2.01. The number of piperidine rings is 1. The molecule has 0 aliphatic carbocycles. The summed E-state index contributed by atoms with van der Waals surface area (Å²) in [5.41, 5.74) is -0.927. The van der Waals surface area contributed by atoms with Gasteiger partial charge in [0.25, 0.3) is 5.92 Å². The van der Waals surface area contributed by atoms with Crippen molar-refractivity contribution in [2.24, 2.45) is 0 Å². The summed E-state index contributed by atoms with van der Waals surface area (Å²) in [5, 5.41) is 1.53. The molecule has 5 nitrogen and oxygen atoms in total. The van der Waals surface area contributed by atoms with Crippen LogP contribution in [0.3, 0.4) is 0 Å². The molecule has 1 fully saturated rings. The van der Waals surface area contributed by atoms with E-state index < -0.39 is 61.7 Å². The Kier molecular flexibility index (Phi) is 5.48. The van der Waals surface area contributed by atoms with Gasteiger partial charge < -0.3 is 10.1 Å². The van der Waals surface area contributed by atoms with E-state index in [1.54, 1.807) is 20.8 Å². The highest BCUT2D eigenvalue weighted by Crippen LogP contribution is 2.33. The smallest absolute Gasteiger partial charge is 0.410 e. The molecule has 134 valence electrons. The summed E-state index contributed by atoms with van der Waals surface area (Å²) in [6.07, 6.45) is -7.42. The fourth-order valence-corrected chi connectivity index (χ4v) is 2.01. The molecule has 0 aromatic carbocycles. The number of carbonyl (C=O) groups is 2. The highest BCUT2D eigenvalue weighted by Gasteiger charge is 2.46. The van der Waals surface area contributed by atoms with Crippen LogP contribution in [0.15, 0.2) is 0 Å². The van der Waals surface area contributed by atoms with E-state index in [1.807, 2.05) is 0 Å². The zero-order chi connectivity index (χ0) is 18.1. The van der Waals surface area contributed by atoms with Gasteiger partial charge in [0.15, 0.2) is 0 Å². The number of hydrogen-bond donors (Lipinski definition) is 1. The van der Waals surface area contributed by atoms with Gasteiger partial charge in [-0.15, -0.1) is 0 Å². The molecule has 2 amide bonds. The number of halogens is 5. The second-order valence-electron chi connectivity index (χ2n) is 6.33. The Balaban J connectivity index is 2.86. The maximum atomic E-state index is 13.5. The van der Waals surface area contributed by atoms with Crippen molar-refractivity contribution in [3.8, 4) is 0 Å². The van der Waals surface area contributed by atoms with Crippen LogP contribution in [-0.4, -0.2) is 53.7 Å². The Morgan fingerprint density at radius 1 is 1.26 bits per heavy atom. The van der Waals surface area contributed by atoms with Crippen LogP contribution >= 0.6 is 0 Å². The Bertz CT molecular complexity index is 460. The number of alkyl halides is 5. The minimum atomic E-state index is -4.68. The largest absolute Gasteiger partial charge is 0.444 e. The second kappa shape index (κ2) is 6.48. The normalized spacial score (nSPS) is 21.7. The van der Waals surface area contributed by atoms with Gasteiger partial charge >= 0.3 is 12.3 Å². The van der Waals surface area contributed by atoms with Gasteiger partial charge in [0, 0.05) is 19.4 Å². The molecule has 0 radical (unpaired) electrons. The lowest BCUT2D eigenvalue weighted by Gasteiger charge is -2.38. The Morgan fingerprint density at radius 2 is 1.83 bits per heavy atom. The molecule has 10 heteroatoms. The quantitative estimate of drug-likeness (QED) is 0.782. The van der Waals surface area contributed by atoms with Crippen molar-refractivity contribution in [1.82, 2.24) is 10.2 Å². The third kappa shape index (κ3) is 6.57. The van der Waals surface area contributed by atoms with Gasteiger partial charge in [-0.3, -0.25) is 9.69 Å². The average molecular weight is 346 g/mol. The van der Waals surface area contributed by atoms with Gasteiger partial charge in [0.2, 0.25) is 5.91 Å². The number of nitrogens with zero attached hydrogens (tertiary/aromatic N) is 1. The summed E-state index contributed by atoms with van der Waals surface area (Å²) in [5.74, 6) is -4.52. The van der Waals surface area contributed by atoms with Gasteiger partial charge in [-0.1, -0.05) is 0 Å². The van der Waals surface area contributed by atoms with Crippen molar-refractivity contribution in [2.45, 2.75) is 57.4 Å². The van der Waals surface area contributed by atoms with Gasteiger partial charge in [-0.25, -0.2) is 13.6 Å². The van der Waals surface area contributed by atoms with Crippen LogP contribution in [-0.2, 0) is 9.53 Å². The highest BCUT2D eigenvalue weighted by molar-refractivity contribution is 5.86. The first-order valence-corrected chi connectivity index (χ1v) is 6.92. The molecule has 1 aliphatic heterocycles. The lowest BCUT2D eigenvalue weighted by atomic mass is 9.98. The van der Waals surface area contributed by atoms with Crippen LogP contribution < -0.4 is 5.32 Å². The zero-order valence-electron chi connectivity index (χ0n) is 13.0. The van der Waals surface area contributed by atoms with Gasteiger partial charge in [-0.2, -0.15) is 13.2 Å². The fraction of sp³-hybridized carbons (Fsp3) is 0.846. The van der Waals surface area contributed by atoms with Crippen LogP contribution in [0.5, 0.6) is 0 Å². The van der Waals surface area contributed by atoms with Gasteiger partial charge in [0.05, 0.1) is 0 Å². The van der Waals surface area contributed by atoms with Crippen molar-refractivity contribution in [3.63, 3.8) is 0 Å². The summed E-state index contributed by atoms with van der Waals surface area (Å²) in [6.45, 7) is 2.49. The summed E-state index contributed by atoms with van der Waals surface area (Å²) in [7, 11) is 0. The third-order valence-electron chi connectivity index (χ3n) is 2.98. The molecule has 1 atom stereocenters. The summed E-state index contributed by atoms with van der Waals surface area (Å²) >= 11 is 0. The molecule has 0 unspecified atom stereocenters. The second-order valence-corrected chi connectivity index (χ2v) is 6.33. The minimum Gasteiger partial charge on any atom is -0.444 e. The summed E-state index contributed by atoms with van der Waals surface area (Å²) in [6, 6.07) is -1.71. The molecule has 1 N–H and O–H groups in total. The van der Waals surface area contributed by atoms with E-state index in [4.69, 9.17) is 4.74 Å². The Morgan fingerprint density at radius 3 is 2.30 bits per heavy atom. The standard InChI is InChI=1S/C13H19F5N2O3/c1-11(2,3)23-10(22)20-5-4-12(14,15)6-8(20)9(21)19-7-13(16,17)18/h8H,4-7H2,1-3H3,(H,19,21)/t8-/m0/s1. The van der Waals surface area contributed by atoms with Crippen molar-refractivity contribution in [2.75, 3.05) is 13.1 Å². The van der Waals surface area contributed by atoms with Crippen LogP contribution in [0, 0.1) is 0 Å². The van der Waals surface area contributed by atoms with E-state index in [0.717, 1.165) is 4.90 Å². The molecule has 0 aromatic rings. The number of likely N-dealkylation sites (tertiary alicyclic amines) is 1. The molecule has 0 bridgehead atoms. The number of rotatable bonds is 2. The summed E-state index contributed by atoms with van der Waals surface area (Å²) in [4.78, 5) is 24.6. The van der Waals surface area contributed by atoms with Crippen molar-refractivity contribution < 1.29 is 36.3 Å².